The number of aryl methyl sites for hydroxylation is 1. The lowest BCUT2D eigenvalue weighted by Gasteiger charge is -2.07. The van der Waals surface area contributed by atoms with E-state index >= 15 is 0 Å². The van der Waals surface area contributed by atoms with Crippen molar-refractivity contribution in [3.05, 3.63) is 20.9 Å². The van der Waals surface area contributed by atoms with E-state index < -0.39 is 6.43 Å². The highest BCUT2D eigenvalue weighted by Crippen LogP contribution is 2.27. The van der Waals surface area contributed by atoms with Crippen LogP contribution in [-0.2, 0) is 0 Å². The minimum atomic E-state index is -2.48. The van der Waals surface area contributed by atoms with Crippen LogP contribution in [0.4, 0.5) is 8.78 Å². The minimum absolute atomic E-state index is 0.0369. The predicted octanol–water partition coefficient (Wildman–Crippen LogP) is 2.94. The number of ether oxygens (including phenoxy) is 1. The van der Waals surface area contributed by atoms with E-state index in [9.17, 15) is 8.78 Å². The number of nitrogens with zero attached hydrogens (tertiary/aromatic N) is 1. The molecule has 0 aromatic carbocycles. The van der Waals surface area contributed by atoms with Gasteiger partial charge in [0.1, 0.15) is 0 Å². The molecule has 0 radical (unpaired) electrons. The van der Waals surface area contributed by atoms with Gasteiger partial charge in [-0.05, 0) is 35.6 Å². The lowest BCUT2D eigenvalue weighted by Crippen LogP contribution is -1.98. The largest absolute Gasteiger partial charge is 0.480 e. The lowest BCUT2D eigenvalue weighted by atomic mass is 10.2. The summed E-state index contributed by atoms with van der Waals surface area (Å²) in [6.07, 6.45) is -2.48. The second kappa shape index (κ2) is 4.17. The SMILES string of the molecule is COc1nc(C)c(C(F)F)cc1I. The van der Waals surface area contributed by atoms with Crippen LogP contribution in [0.3, 0.4) is 0 Å². The molecule has 2 nitrogen and oxygen atoms in total. The number of alkyl halides is 2. The van der Waals surface area contributed by atoms with Crippen LogP contribution in [0.5, 0.6) is 5.88 Å². The van der Waals surface area contributed by atoms with E-state index in [1.54, 1.807) is 6.92 Å². The van der Waals surface area contributed by atoms with Crippen molar-refractivity contribution in [1.29, 1.82) is 0 Å². The van der Waals surface area contributed by atoms with E-state index in [-0.39, 0.29) is 5.56 Å². The third kappa shape index (κ3) is 2.26. The van der Waals surface area contributed by atoms with Gasteiger partial charge in [-0.25, -0.2) is 13.8 Å². The standard InChI is InChI=1S/C8H8F2INO/c1-4-5(7(9)10)3-6(11)8(12-4)13-2/h3,7H,1-2H3. The highest BCUT2D eigenvalue weighted by molar-refractivity contribution is 14.1. The van der Waals surface area contributed by atoms with Crippen molar-refractivity contribution >= 4 is 22.6 Å². The molecule has 0 N–H and O–H groups in total. The highest BCUT2D eigenvalue weighted by atomic mass is 127. The zero-order valence-electron chi connectivity index (χ0n) is 7.14. The molecule has 0 aliphatic carbocycles. The van der Waals surface area contributed by atoms with Crippen molar-refractivity contribution < 1.29 is 13.5 Å². The molecule has 72 valence electrons. The fourth-order valence-corrected chi connectivity index (χ4v) is 1.61. The van der Waals surface area contributed by atoms with Crippen molar-refractivity contribution in [2.75, 3.05) is 7.11 Å². The number of rotatable bonds is 2. The van der Waals surface area contributed by atoms with Crippen LogP contribution in [-0.4, -0.2) is 12.1 Å². The smallest absolute Gasteiger partial charge is 0.265 e. The van der Waals surface area contributed by atoms with Gasteiger partial charge in [-0.1, -0.05) is 0 Å². The molecule has 0 amide bonds. The van der Waals surface area contributed by atoms with Gasteiger partial charge < -0.3 is 4.74 Å². The van der Waals surface area contributed by atoms with E-state index in [1.165, 1.54) is 13.2 Å². The Morgan fingerprint density at radius 1 is 1.54 bits per heavy atom. The van der Waals surface area contributed by atoms with Gasteiger partial charge in [-0.2, -0.15) is 0 Å². The highest BCUT2D eigenvalue weighted by Gasteiger charge is 2.14. The van der Waals surface area contributed by atoms with Gasteiger partial charge in [0.25, 0.3) is 6.43 Å². The maximum Gasteiger partial charge on any atom is 0.265 e. The number of pyridine rings is 1. The van der Waals surface area contributed by atoms with Crippen molar-refractivity contribution in [3.63, 3.8) is 0 Å². The van der Waals surface area contributed by atoms with Crippen molar-refractivity contribution in [3.8, 4) is 5.88 Å². The number of aromatic nitrogens is 1. The summed E-state index contributed by atoms with van der Waals surface area (Å²) in [4.78, 5) is 3.90. The Bertz CT molecular complexity index is 317. The van der Waals surface area contributed by atoms with Gasteiger partial charge in [-0.3, -0.25) is 0 Å². The summed E-state index contributed by atoms with van der Waals surface area (Å²) < 4.78 is 30.2. The molecule has 0 spiro atoms. The first-order valence-electron chi connectivity index (χ1n) is 3.55. The van der Waals surface area contributed by atoms with E-state index in [1.807, 2.05) is 22.6 Å². The van der Waals surface area contributed by atoms with Crippen molar-refractivity contribution in [2.24, 2.45) is 0 Å². The summed E-state index contributed by atoms with van der Waals surface area (Å²) in [5.74, 6) is 0.391. The Morgan fingerprint density at radius 2 is 2.15 bits per heavy atom. The Labute approximate surface area is 88.5 Å². The quantitative estimate of drug-likeness (QED) is 0.783. The molecule has 0 aliphatic rings. The maximum atomic E-state index is 12.4. The molecule has 1 heterocycles. The van der Waals surface area contributed by atoms with Gasteiger partial charge in [0.2, 0.25) is 5.88 Å². The average Bonchev–Trinajstić information content (AvgIpc) is 2.07. The number of methoxy groups -OCH3 is 1. The van der Waals surface area contributed by atoms with E-state index in [0.717, 1.165) is 0 Å². The zero-order valence-corrected chi connectivity index (χ0v) is 9.30. The average molecular weight is 299 g/mol. The first-order chi connectivity index (χ1) is 6.06. The molecule has 0 aliphatic heterocycles. The van der Waals surface area contributed by atoms with Gasteiger partial charge in [-0.15, -0.1) is 0 Å². The van der Waals surface area contributed by atoms with Crippen LogP contribution in [0.15, 0.2) is 6.07 Å². The third-order valence-corrected chi connectivity index (χ3v) is 2.37. The van der Waals surface area contributed by atoms with Crippen LogP contribution in [0.2, 0.25) is 0 Å². The topological polar surface area (TPSA) is 22.1 Å². The van der Waals surface area contributed by atoms with Crippen LogP contribution in [0, 0.1) is 10.5 Å². The minimum Gasteiger partial charge on any atom is -0.480 e. The predicted molar refractivity (Wildman–Crippen MR) is 53.2 cm³/mol. The summed E-state index contributed by atoms with van der Waals surface area (Å²) in [7, 11) is 1.46. The summed E-state index contributed by atoms with van der Waals surface area (Å²) in [5.41, 5.74) is 0.275. The third-order valence-electron chi connectivity index (χ3n) is 1.60. The Balaban J connectivity index is 3.20. The molecule has 0 saturated heterocycles. The van der Waals surface area contributed by atoms with E-state index in [2.05, 4.69) is 4.98 Å². The summed E-state index contributed by atoms with van der Waals surface area (Å²) in [6, 6.07) is 1.40. The lowest BCUT2D eigenvalue weighted by molar-refractivity contribution is 0.149. The molecule has 0 saturated carbocycles. The van der Waals surface area contributed by atoms with Crippen LogP contribution < -0.4 is 4.74 Å². The second-order valence-corrected chi connectivity index (χ2v) is 3.62. The Kier molecular flexibility index (Phi) is 3.40. The first-order valence-corrected chi connectivity index (χ1v) is 4.63. The fourth-order valence-electron chi connectivity index (χ4n) is 0.937. The summed E-state index contributed by atoms with van der Waals surface area (Å²) in [5, 5.41) is 0. The van der Waals surface area contributed by atoms with Crippen molar-refractivity contribution in [1.82, 2.24) is 4.98 Å². The normalized spacial score (nSPS) is 10.6. The fraction of sp³-hybridized carbons (Fsp3) is 0.375. The molecule has 0 fully saturated rings. The van der Waals surface area contributed by atoms with Crippen LogP contribution in [0.25, 0.3) is 0 Å². The molecular weight excluding hydrogens is 291 g/mol. The Morgan fingerprint density at radius 3 is 2.62 bits per heavy atom. The van der Waals surface area contributed by atoms with Gasteiger partial charge in [0, 0.05) is 5.56 Å². The Hall–Kier alpha value is -0.460. The van der Waals surface area contributed by atoms with E-state index in [4.69, 9.17) is 4.74 Å². The summed E-state index contributed by atoms with van der Waals surface area (Å²) >= 11 is 1.92. The second-order valence-electron chi connectivity index (χ2n) is 2.45. The van der Waals surface area contributed by atoms with Gasteiger partial charge >= 0.3 is 0 Å². The number of hydrogen-bond acceptors (Lipinski definition) is 2. The molecule has 13 heavy (non-hydrogen) atoms. The molecule has 5 heteroatoms. The van der Waals surface area contributed by atoms with Gasteiger partial charge in [0.05, 0.1) is 16.4 Å². The maximum absolute atomic E-state index is 12.4. The number of hydrogen-bond donors (Lipinski definition) is 0. The van der Waals surface area contributed by atoms with Crippen molar-refractivity contribution in [2.45, 2.75) is 13.3 Å². The monoisotopic (exact) mass is 299 g/mol. The van der Waals surface area contributed by atoms with Crippen LogP contribution >= 0.6 is 22.6 Å². The molecule has 0 bridgehead atoms. The molecule has 0 unspecified atom stereocenters. The zero-order chi connectivity index (χ0) is 10.0. The molecule has 1 aromatic rings. The summed E-state index contributed by atoms with van der Waals surface area (Å²) in [6.45, 7) is 1.54. The molecule has 1 aromatic heterocycles. The molecule has 1 rings (SSSR count). The first kappa shape index (κ1) is 10.6. The number of halogens is 3. The molecule has 0 atom stereocenters. The van der Waals surface area contributed by atoms with Crippen LogP contribution in [0.1, 0.15) is 17.7 Å². The van der Waals surface area contributed by atoms with Gasteiger partial charge in [0.15, 0.2) is 0 Å². The molecular formula is C8H8F2INO. The van der Waals surface area contributed by atoms with E-state index in [0.29, 0.717) is 15.1 Å².